The second-order valence-electron chi connectivity index (χ2n) is 5.57. The third kappa shape index (κ3) is 3.23. The Morgan fingerprint density at radius 1 is 1.32 bits per heavy atom. The van der Waals surface area contributed by atoms with Gasteiger partial charge in [0.15, 0.2) is 5.79 Å². The van der Waals surface area contributed by atoms with E-state index >= 15 is 0 Å². The minimum atomic E-state index is -0.389. The molecule has 0 saturated carbocycles. The fraction of sp³-hybridized carbons (Fsp3) is 0.625. The number of rotatable bonds is 3. The summed E-state index contributed by atoms with van der Waals surface area (Å²) < 4.78 is 16.6. The SMILES string of the molecule is CCOC(=O)c1ccc(N2CCCC3(CC2)OCCO3)nc1. The molecule has 3 heterocycles. The van der Waals surface area contributed by atoms with Crippen LogP contribution in [-0.2, 0) is 14.2 Å². The molecule has 3 rings (SSSR count). The largest absolute Gasteiger partial charge is 0.462 e. The molecular weight excluding hydrogens is 284 g/mol. The summed E-state index contributed by atoms with van der Waals surface area (Å²) in [6.45, 7) is 5.29. The van der Waals surface area contributed by atoms with Crippen LogP contribution in [0.15, 0.2) is 18.3 Å². The third-order valence-electron chi connectivity index (χ3n) is 4.14. The summed E-state index contributed by atoms with van der Waals surface area (Å²) in [4.78, 5) is 18.3. The van der Waals surface area contributed by atoms with Gasteiger partial charge in [0.05, 0.1) is 25.4 Å². The van der Waals surface area contributed by atoms with Gasteiger partial charge in [0, 0.05) is 32.1 Å². The maximum Gasteiger partial charge on any atom is 0.339 e. The highest BCUT2D eigenvalue weighted by Crippen LogP contribution is 2.32. The summed E-state index contributed by atoms with van der Waals surface area (Å²) in [7, 11) is 0. The normalized spacial score (nSPS) is 20.9. The Kier molecular flexibility index (Phi) is 4.59. The van der Waals surface area contributed by atoms with Crippen molar-refractivity contribution in [1.29, 1.82) is 0 Å². The van der Waals surface area contributed by atoms with E-state index in [0.29, 0.717) is 25.4 Å². The molecule has 0 bridgehead atoms. The third-order valence-corrected chi connectivity index (χ3v) is 4.14. The fourth-order valence-corrected chi connectivity index (χ4v) is 3.00. The average Bonchev–Trinajstić information content (AvgIpc) is 2.89. The molecule has 0 amide bonds. The van der Waals surface area contributed by atoms with E-state index in [1.807, 2.05) is 6.07 Å². The standard InChI is InChI=1S/C16H22N2O4/c1-2-20-15(19)13-4-5-14(17-12-13)18-8-3-6-16(7-9-18)21-10-11-22-16/h4-5,12H,2-3,6-11H2,1H3. The number of aromatic nitrogens is 1. The molecule has 0 atom stereocenters. The van der Waals surface area contributed by atoms with Crippen molar-refractivity contribution in [2.75, 3.05) is 37.8 Å². The maximum atomic E-state index is 11.6. The number of esters is 1. The number of hydrogen-bond donors (Lipinski definition) is 0. The number of hydrogen-bond acceptors (Lipinski definition) is 6. The Hall–Kier alpha value is -1.66. The number of nitrogens with zero attached hydrogens (tertiary/aromatic N) is 2. The molecule has 2 fully saturated rings. The molecule has 22 heavy (non-hydrogen) atoms. The molecular formula is C16H22N2O4. The smallest absolute Gasteiger partial charge is 0.339 e. The number of carbonyl (C=O) groups excluding carboxylic acids is 1. The summed E-state index contributed by atoms with van der Waals surface area (Å²) in [5, 5.41) is 0. The van der Waals surface area contributed by atoms with Gasteiger partial charge in [-0.3, -0.25) is 0 Å². The van der Waals surface area contributed by atoms with Crippen LogP contribution < -0.4 is 4.90 Å². The van der Waals surface area contributed by atoms with E-state index in [0.717, 1.165) is 38.2 Å². The monoisotopic (exact) mass is 306 g/mol. The van der Waals surface area contributed by atoms with E-state index < -0.39 is 0 Å². The van der Waals surface area contributed by atoms with Crippen LogP contribution in [0.3, 0.4) is 0 Å². The van der Waals surface area contributed by atoms with Crippen LogP contribution in [0.25, 0.3) is 0 Å². The van der Waals surface area contributed by atoms with Gasteiger partial charge in [-0.2, -0.15) is 0 Å². The van der Waals surface area contributed by atoms with Crippen molar-refractivity contribution in [2.24, 2.45) is 0 Å². The molecule has 0 aromatic carbocycles. The van der Waals surface area contributed by atoms with Gasteiger partial charge in [0.25, 0.3) is 0 Å². The lowest BCUT2D eigenvalue weighted by Crippen LogP contribution is -2.32. The summed E-state index contributed by atoms with van der Waals surface area (Å²) in [5.41, 5.74) is 0.486. The molecule has 1 aromatic heterocycles. The quantitative estimate of drug-likeness (QED) is 0.796. The Balaban J connectivity index is 1.65. The van der Waals surface area contributed by atoms with E-state index in [9.17, 15) is 4.79 Å². The van der Waals surface area contributed by atoms with E-state index in [1.165, 1.54) is 0 Å². The van der Waals surface area contributed by atoms with Crippen molar-refractivity contribution in [2.45, 2.75) is 32.0 Å². The van der Waals surface area contributed by atoms with E-state index in [1.54, 1.807) is 19.2 Å². The first kappa shape index (κ1) is 15.2. The summed E-state index contributed by atoms with van der Waals surface area (Å²) in [6, 6.07) is 3.64. The lowest BCUT2D eigenvalue weighted by Gasteiger charge is -2.26. The van der Waals surface area contributed by atoms with Crippen LogP contribution >= 0.6 is 0 Å². The van der Waals surface area contributed by atoms with Crippen LogP contribution in [0.4, 0.5) is 5.82 Å². The highest BCUT2D eigenvalue weighted by atomic mass is 16.7. The van der Waals surface area contributed by atoms with Crippen molar-refractivity contribution < 1.29 is 19.0 Å². The number of carbonyl (C=O) groups is 1. The van der Waals surface area contributed by atoms with Crippen LogP contribution in [-0.4, -0.2) is 49.7 Å². The van der Waals surface area contributed by atoms with Gasteiger partial charge in [0.2, 0.25) is 0 Å². The van der Waals surface area contributed by atoms with Gasteiger partial charge in [-0.05, 0) is 25.5 Å². The van der Waals surface area contributed by atoms with E-state index in [-0.39, 0.29) is 11.8 Å². The second-order valence-corrected chi connectivity index (χ2v) is 5.57. The zero-order valence-electron chi connectivity index (χ0n) is 12.9. The minimum absolute atomic E-state index is 0.330. The van der Waals surface area contributed by atoms with Crippen molar-refractivity contribution in [3.63, 3.8) is 0 Å². The molecule has 0 aliphatic carbocycles. The Morgan fingerprint density at radius 2 is 2.14 bits per heavy atom. The highest BCUT2D eigenvalue weighted by molar-refractivity contribution is 5.89. The summed E-state index contributed by atoms with van der Waals surface area (Å²) >= 11 is 0. The number of pyridine rings is 1. The summed E-state index contributed by atoms with van der Waals surface area (Å²) in [5.74, 6) is 0.159. The number of anilines is 1. The highest BCUT2D eigenvalue weighted by Gasteiger charge is 2.38. The van der Waals surface area contributed by atoms with Crippen LogP contribution in [0.2, 0.25) is 0 Å². The molecule has 0 radical (unpaired) electrons. The lowest BCUT2D eigenvalue weighted by atomic mass is 10.1. The molecule has 0 N–H and O–H groups in total. The first-order chi connectivity index (χ1) is 10.7. The van der Waals surface area contributed by atoms with Gasteiger partial charge in [-0.1, -0.05) is 0 Å². The molecule has 0 unspecified atom stereocenters. The Labute approximate surface area is 130 Å². The van der Waals surface area contributed by atoms with Gasteiger partial charge in [-0.15, -0.1) is 0 Å². The zero-order valence-corrected chi connectivity index (χ0v) is 12.9. The fourth-order valence-electron chi connectivity index (χ4n) is 3.00. The first-order valence-electron chi connectivity index (χ1n) is 7.88. The van der Waals surface area contributed by atoms with Crippen LogP contribution in [0, 0.1) is 0 Å². The topological polar surface area (TPSA) is 60.9 Å². The minimum Gasteiger partial charge on any atom is -0.462 e. The molecule has 2 aliphatic rings. The first-order valence-corrected chi connectivity index (χ1v) is 7.88. The zero-order chi connectivity index (χ0) is 15.4. The molecule has 1 aromatic rings. The summed E-state index contributed by atoms with van der Waals surface area (Å²) in [6.07, 6.45) is 4.34. The molecule has 1 spiro atoms. The van der Waals surface area contributed by atoms with Crippen molar-refractivity contribution in [3.05, 3.63) is 23.9 Å². The van der Waals surface area contributed by atoms with Crippen LogP contribution in [0.5, 0.6) is 0 Å². The van der Waals surface area contributed by atoms with Gasteiger partial charge in [0.1, 0.15) is 5.82 Å². The molecule has 2 aliphatic heterocycles. The average molecular weight is 306 g/mol. The van der Waals surface area contributed by atoms with E-state index in [4.69, 9.17) is 14.2 Å². The van der Waals surface area contributed by atoms with Gasteiger partial charge in [-0.25, -0.2) is 9.78 Å². The van der Waals surface area contributed by atoms with Gasteiger partial charge >= 0.3 is 5.97 Å². The van der Waals surface area contributed by atoms with Crippen LogP contribution in [0.1, 0.15) is 36.5 Å². The molecule has 120 valence electrons. The van der Waals surface area contributed by atoms with Crippen molar-refractivity contribution in [1.82, 2.24) is 4.98 Å². The number of ether oxygens (including phenoxy) is 3. The van der Waals surface area contributed by atoms with Crippen molar-refractivity contribution in [3.8, 4) is 0 Å². The van der Waals surface area contributed by atoms with Crippen molar-refractivity contribution >= 4 is 11.8 Å². The Bertz CT molecular complexity index is 511. The second kappa shape index (κ2) is 6.62. The predicted octanol–water partition coefficient (Wildman–Crippen LogP) is 1.99. The molecule has 2 saturated heterocycles. The molecule has 6 heteroatoms. The Morgan fingerprint density at radius 3 is 2.82 bits per heavy atom. The van der Waals surface area contributed by atoms with E-state index in [2.05, 4.69) is 9.88 Å². The lowest BCUT2D eigenvalue weighted by molar-refractivity contribution is -0.162. The maximum absolute atomic E-state index is 11.6. The van der Waals surface area contributed by atoms with Gasteiger partial charge < -0.3 is 19.1 Å². The molecule has 6 nitrogen and oxygen atoms in total. The predicted molar refractivity (Wildman–Crippen MR) is 80.9 cm³/mol.